The first kappa shape index (κ1) is 12.7. The maximum Gasteiger partial charge on any atom is 0.415 e. The number of ether oxygens (including phenoxy) is 2. The first-order valence-electron chi connectivity index (χ1n) is 6.12. The van der Waals surface area contributed by atoms with Gasteiger partial charge in [0.15, 0.2) is 0 Å². The van der Waals surface area contributed by atoms with Crippen LogP contribution in [0.1, 0.15) is 27.7 Å². The van der Waals surface area contributed by atoms with Gasteiger partial charge in [0.05, 0.1) is 11.7 Å². The van der Waals surface area contributed by atoms with E-state index in [4.69, 9.17) is 9.47 Å². The number of carbonyl (C=O) groups is 1. The van der Waals surface area contributed by atoms with Crippen molar-refractivity contribution >= 4 is 11.8 Å². The molecule has 1 aliphatic rings. The van der Waals surface area contributed by atoms with Crippen LogP contribution in [0.3, 0.4) is 0 Å². The second-order valence-electron chi connectivity index (χ2n) is 5.48. The number of nitrogens with zero attached hydrogens (tertiary/aromatic N) is 1. The minimum absolute atomic E-state index is 0.0326. The number of benzene rings is 1. The molecule has 0 N–H and O–H groups in total. The summed E-state index contributed by atoms with van der Waals surface area (Å²) in [5, 5.41) is 0. The number of amides is 1. The van der Waals surface area contributed by atoms with Crippen LogP contribution in [0.2, 0.25) is 0 Å². The van der Waals surface area contributed by atoms with E-state index in [2.05, 4.69) is 0 Å². The Kier molecular flexibility index (Phi) is 3.20. The lowest BCUT2D eigenvalue weighted by molar-refractivity contribution is 0.0548. The Bertz CT molecular complexity index is 451. The zero-order valence-corrected chi connectivity index (χ0v) is 11.3. The normalized spacial score (nSPS) is 18.9. The summed E-state index contributed by atoms with van der Waals surface area (Å²) in [5.41, 5.74) is 0.273. The van der Waals surface area contributed by atoms with Gasteiger partial charge in [-0.05, 0) is 39.8 Å². The highest BCUT2D eigenvalue weighted by molar-refractivity contribution is 5.91. The molecule has 0 saturated carbocycles. The van der Waals surface area contributed by atoms with Gasteiger partial charge in [-0.15, -0.1) is 0 Å². The number of para-hydroxylation sites is 2. The Balaban J connectivity index is 2.29. The first-order chi connectivity index (χ1) is 8.38. The van der Waals surface area contributed by atoms with Crippen LogP contribution < -0.4 is 9.64 Å². The topological polar surface area (TPSA) is 38.8 Å². The highest BCUT2D eigenvalue weighted by Crippen LogP contribution is 2.34. The molecular weight excluding hydrogens is 230 g/mol. The number of carbonyl (C=O) groups excluding carboxylic acids is 1. The summed E-state index contributed by atoms with van der Waals surface area (Å²) >= 11 is 0. The van der Waals surface area contributed by atoms with Gasteiger partial charge in [-0.2, -0.15) is 0 Å². The van der Waals surface area contributed by atoms with Crippen molar-refractivity contribution in [3.63, 3.8) is 0 Å². The van der Waals surface area contributed by atoms with Gasteiger partial charge in [0, 0.05) is 0 Å². The van der Waals surface area contributed by atoms with Crippen molar-refractivity contribution < 1.29 is 14.3 Å². The summed E-state index contributed by atoms with van der Waals surface area (Å²) in [6, 6.07) is 7.47. The van der Waals surface area contributed by atoms with Crippen molar-refractivity contribution in [2.45, 2.75) is 39.3 Å². The number of rotatable bonds is 0. The third-order valence-electron chi connectivity index (χ3n) is 2.64. The van der Waals surface area contributed by atoms with Crippen molar-refractivity contribution in [1.82, 2.24) is 0 Å². The molecule has 98 valence electrons. The Morgan fingerprint density at radius 3 is 2.72 bits per heavy atom. The van der Waals surface area contributed by atoms with Gasteiger partial charge >= 0.3 is 6.09 Å². The summed E-state index contributed by atoms with van der Waals surface area (Å²) < 4.78 is 11.0. The molecule has 1 aromatic carbocycles. The van der Waals surface area contributed by atoms with E-state index in [0.29, 0.717) is 6.61 Å². The molecule has 1 atom stereocenters. The fraction of sp³-hybridized carbons (Fsp3) is 0.500. The molecule has 1 heterocycles. The van der Waals surface area contributed by atoms with E-state index in [1.54, 1.807) is 4.90 Å². The molecule has 4 heteroatoms. The van der Waals surface area contributed by atoms with Crippen LogP contribution in [-0.2, 0) is 4.74 Å². The fourth-order valence-electron chi connectivity index (χ4n) is 1.89. The molecule has 1 aliphatic heterocycles. The van der Waals surface area contributed by atoms with Gasteiger partial charge in [-0.3, -0.25) is 4.90 Å². The van der Waals surface area contributed by atoms with Crippen LogP contribution in [-0.4, -0.2) is 24.3 Å². The van der Waals surface area contributed by atoms with E-state index >= 15 is 0 Å². The Labute approximate surface area is 107 Å². The smallest absolute Gasteiger partial charge is 0.415 e. The van der Waals surface area contributed by atoms with Gasteiger partial charge in [0.1, 0.15) is 18.0 Å². The molecule has 0 unspecified atom stereocenters. The quantitative estimate of drug-likeness (QED) is 0.708. The Hall–Kier alpha value is -1.71. The Morgan fingerprint density at radius 2 is 2.06 bits per heavy atom. The number of hydrogen-bond donors (Lipinski definition) is 0. The number of fused-ring (bicyclic) bond motifs is 1. The maximum absolute atomic E-state index is 12.2. The molecule has 18 heavy (non-hydrogen) atoms. The average Bonchev–Trinajstić information content (AvgIpc) is 2.26. The second kappa shape index (κ2) is 4.52. The van der Waals surface area contributed by atoms with Gasteiger partial charge < -0.3 is 9.47 Å². The minimum atomic E-state index is -0.496. The van der Waals surface area contributed by atoms with Gasteiger partial charge in [0.2, 0.25) is 0 Å². The summed E-state index contributed by atoms with van der Waals surface area (Å²) in [6.45, 7) is 8.02. The minimum Gasteiger partial charge on any atom is -0.489 e. The van der Waals surface area contributed by atoms with E-state index < -0.39 is 5.60 Å². The molecule has 1 aromatic rings. The van der Waals surface area contributed by atoms with Crippen LogP contribution in [0.25, 0.3) is 0 Å². The number of hydrogen-bond acceptors (Lipinski definition) is 3. The van der Waals surface area contributed by atoms with Crippen LogP contribution >= 0.6 is 0 Å². The van der Waals surface area contributed by atoms with E-state index in [-0.39, 0.29) is 12.1 Å². The molecule has 1 amide bonds. The second-order valence-corrected chi connectivity index (χ2v) is 5.48. The van der Waals surface area contributed by atoms with Gasteiger partial charge in [-0.25, -0.2) is 4.79 Å². The summed E-state index contributed by atoms with van der Waals surface area (Å²) in [6.07, 6.45) is -0.328. The van der Waals surface area contributed by atoms with Crippen molar-refractivity contribution in [3.8, 4) is 5.75 Å². The monoisotopic (exact) mass is 249 g/mol. The molecule has 0 spiro atoms. The van der Waals surface area contributed by atoms with E-state index in [1.165, 1.54) is 0 Å². The summed E-state index contributed by atoms with van der Waals surface area (Å²) in [7, 11) is 0. The molecule has 0 bridgehead atoms. The molecule has 0 fully saturated rings. The molecule has 0 radical (unpaired) electrons. The third kappa shape index (κ3) is 2.58. The van der Waals surface area contributed by atoms with Crippen LogP contribution in [0.5, 0.6) is 5.75 Å². The lowest BCUT2D eigenvalue weighted by Crippen LogP contribution is -2.47. The maximum atomic E-state index is 12.2. The fourth-order valence-corrected chi connectivity index (χ4v) is 1.89. The molecule has 0 saturated heterocycles. The SMILES string of the molecule is C[C@H]1COc2ccccc2N1C(=O)OC(C)(C)C. The van der Waals surface area contributed by atoms with E-state index in [0.717, 1.165) is 11.4 Å². The highest BCUT2D eigenvalue weighted by Gasteiger charge is 2.32. The predicted molar refractivity (Wildman–Crippen MR) is 70.1 cm³/mol. The zero-order chi connectivity index (χ0) is 13.3. The van der Waals surface area contributed by atoms with Crippen molar-refractivity contribution in [2.75, 3.05) is 11.5 Å². The number of anilines is 1. The third-order valence-corrected chi connectivity index (χ3v) is 2.64. The van der Waals surface area contributed by atoms with Gasteiger partial charge in [-0.1, -0.05) is 12.1 Å². The Morgan fingerprint density at radius 1 is 1.39 bits per heavy atom. The lowest BCUT2D eigenvalue weighted by Gasteiger charge is -2.35. The zero-order valence-electron chi connectivity index (χ0n) is 11.3. The van der Waals surface area contributed by atoms with Crippen LogP contribution in [0, 0.1) is 0 Å². The van der Waals surface area contributed by atoms with Crippen LogP contribution in [0.15, 0.2) is 24.3 Å². The standard InChI is InChI=1S/C14H19NO3/c1-10-9-17-12-8-6-5-7-11(12)15(10)13(16)18-14(2,3)4/h5-8,10H,9H2,1-4H3/t10-/m0/s1. The molecule has 4 nitrogen and oxygen atoms in total. The van der Waals surface area contributed by atoms with E-state index in [1.807, 2.05) is 52.0 Å². The average molecular weight is 249 g/mol. The molecular formula is C14H19NO3. The van der Waals surface area contributed by atoms with Crippen molar-refractivity contribution in [1.29, 1.82) is 0 Å². The molecule has 2 rings (SSSR count). The molecule has 0 aliphatic carbocycles. The summed E-state index contributed by atoms with van der Waals surface area (Å²) in [5.74, 6) is 0.724. The van der Waals surface area contributed by atoms with E-state index in [9.17, 15) is 4.79 Å². The van der Waals surface area contributed by atoms with Crippen LogP contribution in [0.4, 0.5) is 10.5 Å². The predicted octanol–water partition coefficient (Wildman–Crippen LogP) is 3.21. The largest absolute Gasteiger partial charge is 0.489 e. The molecule has 0 aromatic heterocycles. The first-order valence-corrected chi connectivity index (χ1v) is 6.12. The highest BCUT2D eigenvalue weighted by atomic mass is 16.6. The summed E-state index contributed by atoms with van der Waals surface area (Å²) in [4.78, 5) is 13.9. The van der Waals surface area contributed by atoms with Crippen molar-refractivity contribution in [3.05, 3.63) is 24.3 Å². The lowest BCUT2D eigenvalue weighted by atomic mass is 10.1. The van der Waals surface area contributed by atoms with Crippen molar-refractivity contribution in [2.24, 2.45) is 0 Å². The van der Waals surface area contributed by atoms with Gasteiger partial charge in [0.25, 0.3) is 0 Å².